The number of fused-ring (bicyclic) bond motifs is 1. The van der Waals surface area contributed by atoms with Crippen LogP contribution in [0, 0.1) is 13.8 Å². The maximum absolute atomic E-state index is 10.9. The van der Waals surface area contributed by atoms with Gasteiger partial charge in [0.15, 0.2) is 0 Å². The second-order valence-corrected chi connectivity index (χ2v) is 5.11. The minimum absolute atomic E-state index is 0.448. The maximum Gasteiger partial charge on any atom is 0.328 e. The van der Waals surface area contributed by atoms with E-state index >= 15 is 0 Å². The monoisotopic (exact) mass is 267 g/mol. The third-order valence-corrected chi connectivity index (χ3v) is 3.87. The van der Waals surface area contributed by atoms with Crippen molar-refractivity contribution in [1.29, 1.82) is 0 Å². The molecule has 0 unspecified atom stereocenters. The number of aliphatic carboxylic acids is 1. The number of carboxylic acid groups (broad SMARTS) is 1. The molecule has 0 amide bonds. The molecule has 2 aromatic rings. The molecular formula is C11H13N3O3S. The number of aliphatic hydroxyl groups is 1. The van der Waals surface area contributed by atoms with Gasteiger partial charge in [-0.15, -0.1) is 11.3 Å². The van der Waals surface area contributed by atoms with Crippen molar-refractivity contribution >= 4 is 33.3 Å². The van der Waals surface area contributed by atoms with Gasteiger partial charge in [-0.25, -0.2) is 14.8 Å². The van der Waals surface area contributed by atoms with Gasteiger partial charge in [-0.05, 0) is 19.4 Å². The van der Waals surface area contributed by atoms with Crippen LogP contribution in [0.15, 0.2) is 6.33 Å². The molecule has 7 heteroatoms. The van der Waals surface area contributed by atoms with E-state index in [1.165, 1.54) is 17.7 Å². The molecule has 0 aliphatic heterocycles. The van der Waals surface area contributed by atoms with Gasteiger partial charge in [0.2, 0.25) is 0 Å². The van der Waals surface area contributed by atoms with Gasteiger partial charge in [0.05, 0.1) is 12.0 Å². The van der Waals surface area contributed by atoms with Crippen molar-refractivity contribution in [2.45, 2.75) is 19.9 Å². The van der Waals surface area contributed by atoms with E-state index in [2.05, 4.69) is 15.3 Å². The van der Waals surface area contributed by atoms with Crippen molar-refractivity contribution in [3.05, 3.63) is 16.8 Å². The van der Waals surface area contributed by atoms with Gasteiger partial charge >= 0.3 is 5.97 Å². The molecule has 0 bridgehead atoms. The SMILES string of the molecule is Cc1sc2ncnc(N[C@@H](CO)C(=O)O)c2c1C. The lowest BCUT2D eigenvalue weighted by Crippen LogP contribution is -2.33. The number of thiophene rings is 1. The molecule has 0 saturated heterocycles. The van der Waals surface area contributed by atoms with Gasteiger partial charge in [-0.1, -0.05) is 0 Å². The lowest BCUT2D eigenvalue weighted by molar-refractivity contribution is -0.138. The molecule has 6 nitrogen and oxygen atoms in total. The summed E-state index contributed by atoms with van der Waals surface area (Å²) in [6.45, 7) is 3.42. The second-order valence-electron chi connectivity index (χ2n) is 3.90. The van der Waals surface area contributed by atoms with Crippen molar-refractivity contribution in [2.24, 2.45) is 0 Å². The highest BCUT2D eigenvalue weighted by atomic mass is 32.1. The normalized spacial score (nSPS) is 12.6. The zero-order valence-electron chi connectivity index (χ0n) is 9.97. The molecule has 2 aromatic heterocycles. The lowest BCUT2D eigenvalue weighted by atomic mass is 10.2. The summed E-state index contributed by atoms with van der Waals surface area (Å²) in [5.74, 6) is -0.669. The van der Waals surface area contributed by atoms with Crippen molar-refractivity contribution in [2.75, 3.05) is 11.9 Å². The predicted octanol–water partition coefficient (Wildman–Crippen LogP) is 1.17. The highest BCUT2D eigenvalue weighted by Gasteiger charge is 2.19. The number of carboxylic acids is 1. The Morgan fingerprint density at radius 2 is 2.22 bits per heavy atom. The van der Waals surface area contributed by atoms with E-state index in [-0.39, 0.29) is 0 Å². The van der Waals surface area contributed by atoms with Crippen LogP contribution in [0.4, 0.5) is 5.82 Å². The number of nitrogens with one attached hydrogen (secondary N) is 1. The molecule has 0 fully saturated rings. The molecule has 2 rings (SSSR count). The fourth-order valence-electron chi connectivity index (χ4n) is 1.64. The molecule has 0 radical (unpaired) electrons. The van der Waals surface area contributed by atoms with Gasteiger partial charge in [-0.2, -0.15) is 0 Å². The standard InChI is InChI=1S/C11H13N3O3S/c1-5-6(2)18-10-8(5)9(12-4-13-10)14-7(3-15)11(16)17/h4,7,15H,3H2,1-2H3,(H,16,17)(H,12,13,14)/t7-/m0/s1. The van der Waals surface area contributed by atoms with Crippen LogP contribution in [-0.2, 0) is 4.79 Å². The van der Waals surface area contributed by atoms with Crippen molar-refractivity contribution in [3.63, 3.8) is 0 Å². The average Bonchev–Trinajstić information content (AvgIpc) is 2.62. The van der Waals surface area contributed by atoms with Crippen molar-refractivity contribution in [3.8, 4) is 0 Å². The van der Waals surface area contributed by atoms with Crippen molar-refractivity contribution < 1.29 is 15.0 Å². The zero-order chi connectivity index (χ0) is 13.3. The number of aryl methyl sites for hydroxylation is 2. The molecule has 3 N–H and O–H groups in total. The number of aliphatic hydroxyl groups excluding tert-OH is 1. The summed E-state index contributed by atoms with van der Waals surface area (Å²) in [6, 6.07) is -1.07. The first-order valence-corrected chi connectivity index (χ1v) is 6.17. The molecule has 0 saturated carbocycles. The highest BCUT2D eigenvalue weighted by Crippen LogP contribution is 2.32. The quantitative estimate of drug-likeness (QED) is 0.769. The Bertz CT molecular complexity index is 596. The molecule has 2 heterocycles. The third kappa shape index (κ3) is 2.14. The number of hydrogen-bond donors (Lipinski definition) is 3. The Hall–Kier alpha value is -1.73. The second kappa shape index (κ2) is 4.87. The maximum atomic E-state index is 10.9. The summed E-state index contributed by atoms with van der Waals surface area (Å²) >= 11 is 1.53. The van der Waals surface area contributed by atoms with Gasteiger partial charge in [0.1, 0.15) is 23.0 Å². The number of aromatic nitrogens is 2. The molecule has 0 aliphatic carbocycles. The molecule has 0 aliphatic rings. The first kappa shape index (κ1) is 12.7. The fourth-order valence-corrected chi connectivity index (χ4v) is 2.64. The summed E-state index contributed by atoms with van der Waals surface area (Å²) < 4.78 is 0. The number of anilines is 1. The Morgan fingerprint density at radius 3 is 2.83 bits per heavy atom. The Labute approximate surface area is 107 Å². The van der Waals surface area contributed by atoms with E-state index in [1.807, 2.05) is 13.8 Å². The van der Waals surface area contributed by atoms with E-state index in [4.69, 9.17) is 10.2 Å². The number of carbonyl (C=O) groups is 1. The Morgan fingerprint density at radius 1 is 1.50 bits per heavy atom. The van der Waals surface area contributed by atoms with Crippen LogP contribution in [0.2, 0.25) is 0 Å². The molecule has 0 aromatic carbocycles. The van der Waals surface area contributed by atoms with Gasteiger partial charge in [-0.3, -0.25) is 0 Å². The van der Waals surface area contributed by atoms with Crippen molar-refractivity contribution in [1.82, 2.24) is 9.97 Å². The minimum atomic E-state index is -1.12. The Balaban J connectivity index is 2.47. The lowest BCUT2D eigenvalue weighted by Gasteiger charge is -2.13. The predicted molar refractivity (Wildman–Crippen MR) is 69.0 cm³/mol. The van der Waals surface area contributed by atoms with Crippen LogP contribution in [0.1, 0.15) is 10.4 Å². The van der Waals surface area contributed by atoms with Crippen LogP contribution < -0.4 is 5.32 Å². The fraction of sp³-hybridized carbons (Fsp3) is 0.364. The Kier molecular flexibility index (Phi) is 3.44. The van der Waals surface area contributed by atoms with E-state index in [0.717, 1.165) is 20.7 Å². The van der Waals surface area contributed by atoms with E-state index in [1.54, 1.807) is 0 Å². The molecular weight excluding hydrogens is 254 g/mol. The van der Waals surface area contributed by atoms with Gasteiger partial charge in [0, 0.05) is 4.88 Å². The number of nitrogens with zero attached hydrogens (tertiary/aromatic N) is 2. The first-order chi connectivity index (χ1) is 8.54. The van der Waals surface area contributed by atoms with E-state index in [0.29, 0.717) is 5.82 Å². The van der Waals surface area contributed by atoms with Crippen LogP contribution >= 0.6 is 11.3 Å². The number of hydrogen-bond acceptors (Lipinski definition) is 6. The zero-order valence-corrected chi connectivity index (χ0v) is 10.8. The molecule has 1 atom stereocenters. The topological polar surface area (TPSA) is 95.3 Å². The third-order valence-electron chi connectivity index (χ3n) is 2.76. The smallest absolute Gasteiger partial charge is 0.328 e. The molecule has 18 heavy (non-hydrogen) atoms. The number of rotatable bonds is 4. The van der Waals surface area contributed by atoms with Gasteiger partial charge in [0.25, 0.3) is 0 Å². The van der Waals surface area contributed by atoms with Gasteiger partial charge < -0.3 is 15.5 Å². The van der Waals surface area contributed by atoms with Crippen LogP contribution in [0.3, 0.4) is 0 Å². The largest absolute Gasteiger partial charge is 0.480 e. The van der Waals surface area contributed by atoms with Crippen LogP contribution in [0.5, 0.6) is 0 Å². The molecule has 0 spiro atoms. The summed E-state index contributed by atoms with van der Waals surface area (Å²) in [4.78, 5) is 21.0. The summed E-state index contributed by atoms with van der Waals surface area (Å²) in [5, 5.41) is 21.5. The summed E-state index contributed by atoms with van der Waals surface area (Å²) in [6.07, 6.45) is 1.39. The van der Waals surface area contributed by atoms with E-state index < -0.39 is 18.6 Å². The summed E-state index contributed by atoms with van der Waals surface area (Å²) in [7, 11) is 0. The highest BCUT2D eigenvalue weighted by molar-refractivity contribution is 7.18. The molecule has 96 valence electrons. The summed E-state index contributed by atoms with van der Waals surface area (Å²) in [5.41, 5.74) is 1.03. The van der Waals surface area contributed by atoms with E-state index in [9.17, 15) is 4.79 Å². The van der Waals surface area contributed by atoms with Crippen LogP contribution in [0.25, 0.3) is 10.2 Å². The van der Waals surface area contributed by atoms with Crippen LogP contribution in [-0.4, -0.2) is 38.8 Å². The average molecular weight is 267 g/mol. The first-order valence-electron chi connectivity index (χ1n) is 5.35. The minimum Gasteiger partial charge on any atom is -0.480 e.